The zero-order valence-corrected chi connectivity index (χ0v) is 5.86. The van der Waals surface area contributed by atoms with Crippen molar-refractivity contribution < 1.29 is 5.21 Å². The van der Waals surface area contributed by atoms with E-state index >= 15 is 0 Å². The van der Waals surface area contributed by atoms with E-state index in [1.54, 1.807) is 18.3 Å². The molecule has 0 amide bonds. The van der Waals surface area contributed by atoms with Crippen LogP contribution in [0.3, 0.4) is 0 Å². The SMILES string of the molecule is [CH2]c1ccc(NC=NO)nc1. The first-order chi connectivity index (χ1) is 5.33. The molecule has 0 fully saturated rings. The number of nitrogens with one attached hydrogen (secondary N) is 1. The fraction of sp³-hybridized carbons (Fsp3) is 0. The number of rotatable bonds is 2. The fourth-order valence-corrected chi connectivity index (χ4v) is 0.605. The summed E-state index contributed by atoms with van der Waals surface area (Å²) in [7, 11) is 0. The first-order valence-electron chi connectivity index (χ1n) is 3.03. The number of hydrogen-bond acceptors (Lipinski definition) is 3. The van der Waals surface area contributed by atoms with Crippen molar-refractivity contribution in [3.8, 4) is 0 Å². The molecule has 1 heterocycles. The van der Waals surface area contributed by atoms with E-state index < -0.39 is 0 Å². The Morgan fingerprint density at radius 2 is 2.45 bits per heavy atom. The van der Waals surface area contributed by atoms with Crippen molar-refractivity contribution in [1.82, 2.24) is 4.98 Å². The lowest BCUT2D eigenvalue weighted by atomic mass is 10.3. The second-order valence-corrected chi connectivity index (χ2v) is 1.94. The topological polar surface area (TPSA) is 57.5 Å². The van der Waals surface area contributed by atoms with Crippen LogP contribution in [0.2, 0.25) is 0 Å². The average molecular weight is 150 g/mol. The van der Waals surface area contributed by atoms with Gasteiger partial charge in [0.2, 0.25) is 0 Å². The van der Waals surface area contributed by atoms with E-state index in [1.165, 1.54) is 0 Å². The summed E-state index contributed by atoms with van der Waals surface area (Å²) in [5, 5.41) is 13.5. The van der Waals surface area contributed by atoms with E-state index in [0.29, 0.717) is 5.82 Å². The Bertz CT molecular complexity index is 242. The first kappa shape index (κ1) is 7.53. The van der Waals surface area contributed by atoms with Crippen LogP contribution in [-0.2, 0) is 0 Å². The third-order valence-corrected chi connectivity index (χ3v) is 1.09. The monoisotopic (exact) mass is 150 g/mol. The second-order valence-electron chi connectivity index (χ2n) is 1.94. The number of oxime groups is 1. The van der Waals surface area contributed by atoms with Crippen LogP contribution in [0.1, 0.15) is 5.56 Å². The van der Waals surface area contributed by atoms with Crippen molar-refractivity contribution in [2.75, 3.05) is 5.32 Å². The molecule has 1 aromatic heterocycles. The second kappa shape index (κ2) is 3.55. The van der Waals surface area contributed by atoms with E-state index in [4.69, 9.17) is 5.21 Å². The molecular formula is C7H8N3O. The Kier molecular flexibility index (Phi) is 2.43. The van der Waals surface area contributed by atoms with Crippen molar-refractivity contribution in [3.63, 3.8) is 0 Å². The van der Waals surface area contributed by atoms with Crippen LogP contribution in [0.25, 0.3) is 0 Å². The molecule has 4 nitrogen and oxygen atoms in total. The summed E-state index contributed by atoms with van der Waals surface area (Å²) in [6.07, 6.45) is 2.76. The minimum absolute atomic E-state index is 0.621. The lowest BCUT2D eigenvalue weighted by Crippen LogP contribution is -1.96. The zero-order chi connectivity index (χ0) is 8.10. The molecule has 4 heteroatoms. The van der Waals surface area contributed by atoms with E-state index in [1.807, 2.05) is 0 Å². The Labute approximate surface area is 64.6 Å². The van der Waals surface area contributed by atoms with Gasteiger partial charge in [-0.1, -0.05) is 11.2 Å². The number of nitrogens with zero attached hydrogens (tertiary/aromatic N) is 2. The maximum atomic E-state index is 8.05. The molecule has 0 spiro atoms. The maximum Gasteiger partial charge on any atom is 0.133 e. The molecule has 0 saturated carbocycles. The summed E-state index contributed by atoms with van der Waals surface area (Å²) in [6.45, 7) is 3.67. The molecule has 0 saturated heterocycles. The lowest BCUT2D eigenvalue weighted by Gasteiger charge is -1.96. The van der Waals surface area contributed by atoms with Crippen molar-refractivity contribution in [2.45, 2.75) is 0 Å². The predicted molar refractivity (Wildman–Crippen MR) is 42.6 cm³/mol. The summed E-state index contributed by atoms with van der Waals surface area (Å²) in [6, 6.07) is 3.55. The zero-order valence-electron chi connectivity index (χ0n) is 5.86. The van der Waals surface area contributed by atoms with Gasteiger partial charge >= 0.3 is 0 Å². The van der Waals surface area contributed by atoms with Crippen LogP contribution in [0.4, 0.5) is 5.82 Å². The van der Waals surface area contributed by atoms with E-state index in [2.05, 4.69) is 22.4 Å². The molecule has 1 rings (SSSR count). The van der Waals surface area contributed by atoms with Gasteiger partial charge in [-0.2, -0.15) is 0 Å². The highest BCUT2D eigenvalue weighted by atomic mass is 16.4. The smallest absolute Gasteiger partial charge is 0.133 e. The lowest BCUT2D eigenvalue weighted by molar-refractivity contribution is 0.321. The highest BCUT2D eigenvalue weighted by molar-refractivity contribution is 5.72. The standard InChI is InChI=1S/C7H8N3O/c1-6-2-3-7(8-4-6)9-5-10-11/h2-5,11H,1H2,(H,8,9,10). The molecule has 0 aromatic carbocycles. The third kappa shape index (κ3) is 2.25. The Morgan fingerprint density at radius 1 is 1.64 bits per heavy atom. The van der Waals surface area contributed by atoms with Gasteiger partial charge in [0, 0.05) is 6.20 Å². The van der Waals surface area contributed by atoms with E-state index in [9.17, 15) is 0 Å². The maximum absolute atomic E-state index is 8.05. The van der Waals surface area contributed by atoms with Crippen molar-refractivity contribution in [2.24, 2.45) is 5.16 Å². The number of hydrogen-bond donors (Lipinski definition) is 2. The van der Waals surface area contributed by atoms with Gasteiger partial charge in [0.05, 0.1) is 0 Å². The Morgan fingerprint density at radius 3 is 3.00 bits per heavy atom. The Hall–Kier alpha value is -1.58. The van der Waals surface area contributed by atoms with Gasteiger partial charge < -0.3 is 10.5 Å². The van der Waals surface area contributed by atoms with Gasteiger partial charge in [-0.15, -0.1) is 0 Å². The third-order valence-electron chi connectivity index (χ3n) is 1.09. The minimum Gasteiger partial charge on any atom is -0.410 e. The molecule has 0 aliphatic rings. The molecule has 2 N–H and O–H groups in total. The summed E-state index contributed by atoms with van der Waals surface area (Å²) in [5.74, 6) is 0.621. The predicted octanol–water partition coefficient (Wildman–Crippen LogP) is 1.09. The van der Waals surface area contributed by atoms with Gasteiger partial charge in [-0.25, -0.2) is 4.98 Å². The minimum atomic E-state index is 0.621. The van der Waals surface area contributed by atoms with Gasteiger partial charge in [0.15, 0.2) is 0 Å². The molecule has 0 unspecified atom stereocenters. The molecule has 0 atom stereocenters. The molecule has 0 aliphatic carbocycles. The summed E-state index contributed by atoms with van der Waals surface area (Å²) in [4.78, 5) is 3.94. The largest absolute Gasteiger partial charge is 0.410 e. The summed E-state index contributed by atoms with van der Waals surface area (Å²) < 4.78 is 0. The number of aromatic nitrogens is 1. The van der Waals surface area contributed by atoms with Gasteiger partial charge in [-0.05, 0) is 18.6 Å². The van der Waals surface area contributed by atoms with Crippen LogP contribution in [0.15, 0.2) is 23.5 Å². The molecule has 0 aliphatic heterocycles. The van der Waals surface area contributed by atoms with Crippen LogP contribution >= 0.6 is 0 Å². The van der Waals surface area contributed by atoms with Crippen LogP contribution in [0, 0.1) is 6.92 Å². The highest BCUT2D eigenvalue weighted by Crippen LogP contribution is 2.01. The van der Waals surface area contributed by atoms with E-state index in [-0.39, 0.29) is 0 Å². The van der Waals surface area contributed by atoms with Crippen LogP contribution in [0.5, 0.6) is 0 Å². The normalized spacial score (nSPS) is 10.3. The molecule has 11 heavy (non-hydrogen) atoms. The summed E-state index contributed by atoms with van der Waals surface area (Å²) in [5.41, 5.74) is 0.844. The molecule has 57 valence electrons. The quantitative estimate of drug-likeness (QED) is 0.287. The Balaban J connectivity index is 2.66. The van der Waals surface area contributed by atoms with Crippen molar-refractivity contribution in [3.05, 3.63) is 30.8 Å². The first-order valence-corrected chi connectivity index (χ1v) is 3.03. The van der Waals surface area contributed by atoms with Crippen LogP contribution in [-0.4, -0.2) is 16.5 Å². The molecule has 0 bridgehead atoms. The number of pyridine rings is 1. The van der Waals surface area contributed by atoms with Crippen molar-refractivity contribution in [1.29, 1.82) is 0 Å². The number of anilines is 1. The van der Waals surface area contributed by atoms with Crippen LogP contribution < -0.4 is 5.32 Å². The van der Waals surface area contributed by atoms with Gasteiger partial charge in [0.1, 0.15) is 12.2 Å². The molecular weight excluding hydrogens is 142 g/mol. The van der Waals surface area contributed by atoms with E-state index in [0.717, 1.165) is 11.9 Å². The van der Waals surface area contributed by atoms with Gasteiger partial charge in [-0.3, -0.25) is 0 Å². The van der Waals surface area contributed by atoms with Gasteiger partial charge in [0.25, 0.3) is 0 Å². The molecule has 1 aromatic rings. The molecule has 1 radical (unpaired) electrons. The fourth-order valence-electron chi connectivity index (χ4n) is 0.605. The highest BCUT2D eigenvalue weighted by Gasteiger charge is 1.87. The summed E-state index contributed by atoms with van der Waals surface area (Å²) >= 11 is 0. The van der Waals surface area contributed by atoms with Crippen molar-refractivity contribution >= 4 is 12.2 Å². The average Bonchev–Trinajstić information content (AvgIpc) is 2.04.